The van der Waals surface area contributed by atoms with Gasteiger partial charge < -0.3 is 15.2 Å². The Kier molecular flexibility index (Phi) is 6.32. The van der Waals surface area contributed by atoms with Gasteiger partial charge in [-0.05, 0) is 38.2 Å². The lowest BCUT2D eigenvalue weighted by molar-refractivity contribution is -0.0566. The number of hydrogen-bond donors (Lipinski definition) is 2. The molecule has 0 saturated carbocycles. The fourth-order valence-electron chi connectivity index (χ4n) is 4.04. The lowest BCUT2D eigenvalue weighted by atomic mass is 10.1. The van der Waals surface area contributed by atoms with E-state index in [9.17, 15) is 4.79 Å². The van der Waals surface area contributed by atoms with Crippen molar-refractivity contribution < 1.29 is 14.6 Å². The second kappa shape index (κ2) is 8.50. The lowest BCUT2D eigenvalue weighted by Gasteiger charge is -2.34. The van der Waals surface area contributed by atoms with Gasteiger partial charge in [-0.3, -0.25) is 14.4 Å². The molecule has 2 saturated heterocycles. The second-order valence-electron chi connectivity index (χ2n) is 7.92. The Morgan fingerprint density at radius 3 is 2.96 bits per heavy atom. The molecule has 2 aliphatic rings. The van der Waals surface area contributed by atoms with Gasteiger partial charge in [-0.15, -0.1) is 0 Å². The van der Waals surface area contributed by atoms with Gasteiger partial charge in [0.2, 0.25) is 0 Å². The summed E-state index contributed by atoms with van der Waals surface area (Å²) in [6, 6.07) is 2.43. The number of carbonyl (C=O) groups excluding carboxylic acids is 1. The van der Waals surface area contributed by atoms with E-state index in [2.05, 4.69) is 29.2 Å². The van der Waals surface area contributed by atoms with Crippen molar-refractivity contribution >= 4 is 5.91 Å². The molecule has 3 rings (SSSR count). The van der Waals surface area contributed by atoms with Gasteiger partial charge in [0.1, 0.15) is 5.69 Å². The molecule has 0 aliphatic carbocycles. The molecule has 1 aromatic rings. The molecular weight excluding hydrogens is 332 g/mol. The monoisotopic (exact) mass is 364 g/mol. The maximum Gasteiger partial charge on any atom is 0.269 e. The Labute approximate surface area is 155 Å². The van der Waals surface area contributed by atoms with E-state index in [-0.39, 0.29) is 24.7 Å². The fourth-order valence-corrected chi connectivity index (χ4v) is 4.04. The second-order valence-corrected chi connectivity index (χ2v) is 7.92. The number of ether oxygens (including phenoxy) is 1. The maximum atomic E-state index is 12.8. The number of nitrogens with one attached hydrogen (secondary N) is 1. The summed E-state index contributed by atoms with van der Waals surface area (Å²) in [6.07, 6.45) is 2.58. The van der Waals surface area contributed by atoms with Crippen molar-refractivity contribution in [3.8, 4) is 0 Å². The van der Waals surface area contributed by atoms with Gasteiger partial charge in [-0.25, -0.2) is 0 Å². The van der Waals surface area contributed by atoms with Crippen molar-refractivity contribution in [1.29, 1.82) is 0 Å². The Hall–Kier alpha value is -1.44. The highest BCUT2D eigenvalue weighted by atomic mass is 16.5. The number of morpholine rings is 1. The van der Waals surface area contributed by atoms with Crippen molar-refractivity contribution in [2.75, 3.05) is 26.3 Å². The van der Waals surface area contributed by atoms with E-state index in [1.54, 1.807) is 4.68 Å². The summed E-state index contributed by atoms with van der Waals surface area (Å²) >= 11 is 0. The number of rotatable bonds is 7. The van der Waals surface area contributed by atoms with Gasteiger partial charge in [0.05, 0.1) is 18.4 Å². The topological polar surface area (TPSA) is 79.6 Å². The van der Waals surface area contributed by atoms with Crippen LogP contribution >= 0.6 is 0 Å². The van der Waals surface area contributed by atoms with Crippen LogP contribution in [0.15, 0.2) is 6.07 Å². The van der Waals surface area contributed by atoms with Crippen molar-refractivity contribution in [2.45, 2.75) is 64.8 Å². The predicted octanol–water partition coefficient (Wildman–Crippen LogP) is 1.06. The number of amides is 1. The summed E-state index contributed by atoms with van der Waals surface area (Å²) in [5.41, 5.74) is 1.64. The van der Waals surface area contributed by atoms with Gasteiger partial charge >= 0.3 is 0 Å². The highest BCUT2D eigenvalue weighted by molar-refractivity contribution is 5.93. The van der Waals surface area contributed by atoms with Gasteiger partial charge in [-0.1, -0.05) is 13.8 Å². The third-order valence-corrected chi connectivity index (χ3v) is 5.26. The minimum atomic E-state index is -0.0352. The largest absolute Gasteiger partial charge is 0.396 e. The van der Waals surface area contributed by atoms with Crippen LogP contribution in [0.5, 0.6) is 0 Å². The fraction of sp³-hybridized carbons (Fsp3) is 0.789. The lowest BCUT2D eigenvalue weighted by Crippen LogP contribution is -2.46. The number of aromatic nitrogens is 2. The quantitative estimate of drug-likeness (QED) is 0.756. The highest BCUT2D eigenvalue weighted by Gasteiger charge is 2.38. The first-order chi connectivity index (χ1) is 12.5. The molecular formula is C19H32N4O3. The Bertz CT molecular complexity index is 616. The van der Waals surface area contributed by atoms with E-state index in [0.717, 1.165) is 31.6 Å². The van der Waals surface area contributed by atoms with E-state index < -0.39 is 0 Å². The number of fused-ring (bicyclic) bond motifs is 1. The number of aliphatic hydroxyl groups excluding tert-OH is 1. The molecule has 3 heterocycles. The third-order valence-electron chi connectivity index (χ3n) is 5.26. The number of hydrogen-bond acceptors (Lipinski definition) is 5. The van der Waals surface area contributed by atoms with E-state index in [1.165, 1.54) is 0 Å². The minimum Gasteiger partial charge on any atom is -0.396 e. The first kappa shape index (κ1) is 19.3. The van der Waals surface area contributed by atoms with Gasteiger partial charge in [-0.2, -0.15) is 5.10 Å². The van der Waals surface area contributed by atoms with E-state index in [4.69, 9.17) is 9.84 Å². The summed E-state index contributed by atoms with van der Waals surface area (Å²) in [5.74, 6) is 0.482. The molecule has 0 radical (unpaired) electrons. The van der Waals surface area contributed by atoms with Gasteiger partial charge in [0, 0.05) is 38.3 Å². The molecule has 1 amide bonds. The van der Waals surface area contributed by atoms with Crippen LogP contribution in [-0.4, -0.2) is 70.2 Å². The van der Waals surface area contributed by atoms with E-state index in [0.29, 0.717) is 37.2 Å². The number of aryl methyl sites for hydroxylation is 1. The molecule has 2 N–H and O–H groups in total. The molecule has 1 aromatic heterocycles. The zero-order valence-electron chi connectivity index (χ0n) is 16.1. The van der Waals surface area contributed by atoms with Gasteiger partial charge in [0.15, 0.2) is 0 Å². The van der Waals surface area contributed by atoms with Gasteiger partial charge in [0.25, 0.3) is 5.91 Å². The summed E-state index contributed by atoms with van der Waals surface area (Å²) in [7, 11) is 0. The molecule has 2 aliphatic heterocycles. The predicted molar refractivity (Wildman–Crippen MR) is 99.1 cm³/mol. The first-order valence-corrected chi connectivity index (χ1v) is 9.84. The zero-order chi connectivity index (χ0) is 18.7. The molecule has 7 heteroatoms. The number of carbonyl (C=O) groups is 1. The van der Waals surface area contributed by atoms with Crippen LogP contribution in [0.3, 0.4) is 0 Å². The van der Waals surface area contributed by atoms with Crippen molar-refractivity contribution in [1.82, 2.24) is 20.0 Å². The Morgan fingerprint density at radius 2 is 2.27 bits per heavy atom. The van der Waals surface area contributed by atoms with Crippen LogP contribution in [0.1, 0.15) is 49.8 Å². The Morgan fingerprint density at radius 1 is 1.46 bits per heavy atom. The minimum absolute atomic E-state index is 0.0352. The van der Waals surface area contributed by atoms with Crippen LogP contribution in [0.4, 0.5) is 0 Å². The average molecular weight is 364 g/mol. The molecule has 2 fully saturated rings. The highest BCUT2D eigenvalue weighted by Crippen LogP contribution is 2.24. The zero-order valence-corrected chi connectivity index (χ0v) is 16.1. The van der Waals surface area contributed by atoms with Crippen LogP contribution < -0.4 is 5.32 Å². The molecule has 26 heavy (non-hydrogen) atoms. The molecule has 0 unspecified atom stereocenters. The van der Waals surface area contributed by atoms with Crippen LogP contribution in [0, 0.1) is 5.92 Å². The van der Waals surface area contributed by atoms with Crippen LogP contribution in [-0.2, 0) is 17.7 Å². The third kappa shape index (κ3) is 4.45. The van der Waals surface area contributed by atoms with Crippen LogP contribution in [0.2, 0.25) is 0 Å². The Balaban J connectivity index is 1.60. The van der Waals surface area contributed by atoms with Crippen LogP contribution in [0.25, 0.3) is 0 Å². The smallest absolute Gasteiger partial charge is 0.269 e. The number of aliphatic hydroxyl groups is 1. The summed E-state index contributed by atoms with van der Waals surface area (Å²) in [6.45, 7) is 9.54. The maximum absolute atomic E-state index is 12.8. The van der Waals surface area contributed by atoms with Crippen molar-refractivity contribution in [3.63, 3.8) is 0 Å². The summed E-state index contributed by atoms with van der Waals surface area (Å²) in [4.78, 5) is 15.2. The van der Waals surface area contributed by atoms with Crippen molar-refractivity contribution in [2.24, 2.45) is 5.92 Å². The SMILES string of the molecule is CCn1nc(CC(C)C)cc1C(=O)N[C@@H]1C[C@H]2CO[C@@H](CCO)CN2C1. The molecule has 146 valence electrons. The summed E-state index contributed by atoms with van der Waals surface area (Å²) < 4.78 is 7.62. The van der Waals surface area contributed by atoms with E-state index in [1.807, 2.05) is 13.0 Å². The van der Waals surface area contributed by atoms with E-state index >= 15 is 0 Å². The summed E-state index contributed by atoms with van der Waals surface area (Å²) in [5, 5.41) is 16.9. The molecule has 7 nitrogen and oxygen atoms in total. The molecule has 0 spiro atoms. The number of nitrogens with zero attached hydrogens (tertiary/aromatic N) is 3. The molecule has 0 aromatic carbocycles. The molecule has 0 bridgehead atoms. The average Bonchev–Trinajstić information content (AvgIpc) is 3.17. The molecule has 3 atom stereocenters. The van der Waals surface area contributed by atoms with Crippen molar-refractivity contribution in [3.05, 3.63) is 17.5 Å². The normalized spacial score (nSPS) is 26.3. The first-order valence-electron chi connectivity index (χ1n) is 9.84. The standard InChI is InChI=1S/C19H32N4O3/c1-4-23-18(9-14(21-23)7-13(2)3)19(25)20-15-8-16-12-26-17(5-6-24)11-22(16)10-15/h9,13,15-17,24H,4-8,10-12H2,1-3H3,(H,20,25)/t15-,16+,17+/m1/s1.